The molecule has 1 atom stereocenters. The highest BCUT2D eigenvalue weighted by molar-refractivity contribution is 14.1. The normalized spacial score (nSPS) is 30.4. The number of piperidine rings is 2. The number of carboxylic acid groups (broad SMARTS) is 1. The van der Waals surface area contributed by atoms with Crippen LogP contribution in [-0.4, -0.2) is 50.8 Å². The highest BCUT2D eigenvalue weighted by Crippen LogP contribution is 2.26. The lowest BCUT2D eigenvalue weighted by Gasteiger charge is -2.42. The molecule has 0 spiro atoms. The number of aliphatic carboxylic acids is 1. The van der Waals surface area contributed by atoms with Crippen LogP contribution >= 0.6 is 22.9 Å². The second kappa shape index (κ2) is 5.64. The molecule has 0 aromatic carbocycles. The number of hydrogen-bond donors (Lipinski definition) is 1. The zero-order valence-corrected chi connectivity index (χ0v) is 11.6. The van der Waals surface area contributed by atoms with Crippen molar-refractivity contribution in [2.45, 2.75) is 44.2 Å². The lowest BCUT2D eigenvalue weighted by molar-refractivity contribution is -0.146. The van der Waals surface area contributed by atoms with Gasteiger partial charge in [-0.2, -0.15) is 0 Å². The number of rotatable bonds is 2. The van der Waals surface area contributed by atoms with Crippen molar-refractivity contribution in [3.05, 3.63) is 0 Å². The first-order chi connectivity index (χ1) is 7.68. The molecule has 2 rings (SSSR count). The van der Waals surface area contributed by atoms with E-state index in [2.05, 4.69) is 30.9 Å². The molecule has 0 amide bonds. The molecule has 0 aliphatic carbocycles. The van der Waals surface area contributed by atoms with Gasteiger partial charge in [-0.25, -0.2) is 3.11 Å². The summed E-state index contributed by atoms with van der Waals surface area (Å²) in [6.07, 6.45) is 5.30. The Kier molecular flexibility index (Phi) is 4.43. The lowest BCUT2D eigenvalue weighted by Crippen LogP contribution is -2.52. The Bertz CT molecular complexity index is 254. The SMILES string of the molecule is O=C(O)C1CCCCN1C1CCN(I)CC1. The molecule has 2 aliphatic rings. The van der Waals surface area contributed by atoms with Crippen LogP contribution < -0.4 is 0 Å². The lowest BCUT2D eigenvalue weighted by atomic mass is 9.96. The average Bonchev–Trinajstić information content (AvgIpc) is 2.30. The summed E-state index contributed by atoms with van der Waals surface area (Å²) in [6, 6.07) is 0.270. The molecule has 5 heteroatoms. The second-order valence-corrected chi connectivity index (χ2v) is 6.09. The molecule has 2 aliphatic heterocycles. The van der Waals surface area contributed by atoms with Gasteiger partial charge in [0.05, 0.1) is 0 Å². The van der Waals surface area contributed by atoms with E-state index in [0.717, 1.165) is 51.7 Å². The van der Waals surface area contributed by atoms with Crippen molar-refractivity contribution >= 4 is 28.8 Å². The highest BCUT2D eigenvalue weighted by atomic mass is 127. The van der Waals surface area contributed by atoms with Crippen LogP contribution in [0, 0.1) is 0 Å². The fraction of sp³-hybridized carbons (Fsp3) is 0.909. The van der Waals surface area contributed by atoms with Crippen LogP contribution in [0.5, 0.6) is 0 Å². The molecule has 0 bridgehead atoms. The van der Waals surface area contributed by atoms with Gasteiger partial charge in [-0.1, -0.05) is 6.42 Å². The molecule has 0 radical (unpaired) electrons. The van der Waals surface area contributed by atoms with Crippen molar-refractivity contribution < 1.29 is 9.90 Å². The molecule has 2 heterocycles. The number of hydrogen-bond acceptors (Lipinski definition) is 3. The van der Waals surface area contributed by atoms with Gasteiger partial charge < -0.3 is 5.11 Å². The quantitative estimate of drug-likeness (QED) is 0.615. The fourth-order valence-electron chi connectivity index (χ4n) is 2.82. The van der Waals surface area contributed by atoms with Gasteiger partial charge >= 0.3 is 5.97 Å². The number of nitrogens with zero attached hydrogens (tertiary/aromatic N) is 2. The van der Waals surface area contributed by atoms with Gasteiger partial charge in [0.25, 0.3) is 0 Å². The van der Waals surface area contributed by atoms with E-state index in [9.17, 15) is 9.90 Å². The molecular weight excluding hydrogens is 319 g/mol. The van der Waals surface area contributed by atoms with E-state index < -0.39 is 5.97 Å². The van der Waals surface area contributed by atoms with E-state index in [1.807, 2.05) is 0 Å². The summed E-state index contributed by atoms with van der Waals surface area (Å²) >= 11 is 2.35. The van der Waals surface area contributed by atoms with E-state index in [-0.39, 0.29) is 6.04 Å². The van der Waals surface area contributed by atoms with Crippen molar-refractivity contribution in [2.24, 2.45) is 0 Å². The van der Waals surface area contributed by atoms with E-state index in [0.29, 0.717) is 6.04 Å². The molecule has 2 saturated heterocycles. The van der Waals surface area contributed by atoms with Crippen LogP contribution in [0.4, 0.5) is 0 Å². The van der Waals surface area contributed by atoms with Crippen LogP contribution in [0.25, 0.3) is 0 Å². The Morgan fingerprint density at radius 2 is 1.81 bits per heavy atom. The average molecular weight is 338 g/mol. The predicted molar refractivity (Wildman–Crippen MR) is 70.6 cm³/mol. The van der Waals surface area contributed by atoms with Gasteiger partial charge in [-0.15, -0.1) is 0 Å². The minimum absolute atomic E-state index is 0.223. The molecule has 16 heavy (non-hydrogen) atoms. The van der Waals surface area contributed by atoms with Gasteiger partial charge in [0, 0.05) is 42.0 Å². The molecule has 0 aromatic rings. The molecule has 2 fully saturated rings. The zero-order chi connectivity index (χ0) is 11.5. The van der Waals surface area contributed by atoms with Crippen LogP contribution in [0.1, 0.15) is 32.1 Å². The van der Waals surface area contributed by atoms with Gasteiger partial charge in [0.15, 0.2) is 0 Å². The summed E-state index contributed by atoms with van der Waals surface area (Å²) < 4.78 is 2.30. The Morgan fingerprint density at radius 3 is 2.44 bits per heavy atom. The van der Waals surface area contributed by atoms with E-state index >= 15 is 0 Å². The van der Waals surface area contributed by atoms with E-state index in [1.165, 1.54) is 0 Å². The van der Waals surface area contributed by atoms with Crippen molar-refractivity contribution in [3.63, 3.8) is 0 Å². The molecule has 92 valence electrons. The van der Waals surface area contributed by atoms with Crippen LogP contribution in [0.15, 0.2) is 0 Å². The maximum absolute atomic E-state index is 11.2. The van der Waals surface area contributed by atoms with Crippen LogP contribution in [-0.2, 0) is 4.79 Å². The summed E-state index contributed by atoms with van der Waals surface area (Å²) in [5, 5.41) is 9.24. The monoisotopic (exact) mass is 338 g/mol. The molecular formula is C11H19IN2O2. The highest BCUT2D eigenvalue weighted by Gasteiger charge is 2.34. The largest absolute Gasteiger partial charge is 0.480 e. The van der Waals surface area contributed by atoms with Crippen molar-refractivity contribution in [3.8, 4) is 0 Å². The minimum Gasteiger partial charge on any atom is -0.480 e. The minimum atomic E-state index is -0.628. The van der Waals surface area contributed by atoms with Gasteiger partial charge in [0.1, 0.15) is 6.04 Å². The third-order valence-corrected chi connectivity index (χ3v) is 4.67. The molecule has 4 nitrogen and oxygen atoms in total. The molecule has 0 saturated carbocycles. The van der Waals surface area contributed by atoms with E-state index in [4.69, 9.17) is 0 Å². The number of likely N-dealkylation sites (tertiary alicyclic amines) is 1. The van der Waals surface area contributed by atoms with Crippen molar-refractivity contribution in [2.75, 3.05) is 19.6 Å². The van der Waals surface area contributed by atoms with Crippen molar-refractivity contribution in [1.29, 1.82) is 0 Å². The first-order valence-electron chi connectivity index (χ1n) is 6.08. The predicted octanol–water partition coefficient (Wildman–Crippen LogP) is 1.74. The standard InChI is InChI=1S/C11H19IN2O2/c12-13-7-4-9(5-8-13)14-6-2-1-3-10(14)11(15)16/h9-10H,1-8H2,(H,15,16). The molecule has 1 N–H and O–H groups in total. The summed E-state index contributed by atoms with van der Waals surface area (Å²) in [5.74, 6) is -0.628. The fourth-order valence-corrected chi connectivity index (χ4v) is 3.38. The van der Waals surface area contributed by atoms with Gasteiger partial charge in [-0.05, 0) is 32.2 Å². The Balaban J connectivity index is 1.97. The Hall–Kier alpha value is 0.120. The summed E-state index contributed by atoms with van der Waals surface area (Å²) in [5.41, 5.74) is 0. The van der Waals surface area contributed by atoms with Crippen molar-refractivity contribution in [1.82, 2.24) is 8.01 Å². The number of halogens is 1. The third kappa shape index (κ3) is 2.87. The maximum atomic E-state index is 11.2. The number of carbonyl (C=O) groups is 1. The summed E-state index contributed by atoms with van der Waals surface area (Å²) in [7, 11) is 0. The summed E-state index contributed by atoms with van der Waals surface area (Å²) in [6.45, 7) is 3.16. The van der Waals surface area contributed by atoms with Gasteiger partial charge in [-0.3, -0.25) is 9.69 Å². The smallest absolute Gasteiger partial charge is 0.320 e. The zero-order valence-electron chi connectivity index (χ0n) is 9.44. The van der Waals surface area contributed by atoms with Gasteiger partial charge in [0.2, 0.25) is 0 Å². The molecule has 1 unspecified atom stereocenters. The first kappa shape index (κ1) is 12.6. The maximum Gasteiger partial charge on any atom is 0.320 e. The first-order valence-corrected chi connectivity index (χ1v) is 7.04. The van der Waals surface area contributed by atoms with E-state index in [1.54, 1.807) is 0 Å². The number of carboxylic acids is 1. The summed E-state index contributed by atoms with van der Waals surface area (Å²) in [4.78, 5) is 13.5. The van der Waals surface area contributed by atoms with Crippen LogP contribution in [0.3, 0.4) is 0 Å². The Morgan fingerprint density at radius 1 is 1.12 bits per heavy atom. The Labute approximate surface area is 110 Å². The second-order valence-electron chi connectivity index (χ2n) is 4.73. The molecule has 0 aromatic heterocycles. The third-order valence-electron chi connectivity index (χ3n) is 3.71. The topological polar surface area (TPSA) is 43.8 Å². The van der Waals surface area contributed by atoms with Crippen LogP contribution in [0.2, 0.25) is 0 Å².